The highest BCUT2D eigenvalue weighted by molar-refractivity contribution is 8.27. The molecule has 34 valence electrons. The van der Waals surface area contributed by atoms with E-state index in [1.807, 2.05) is 0 Å². The van der Waals surface area contributed by atoms with Crippen molar-refractivity contribution < 1.29 is 0 Å². The molecule has 1 aliphatic heterocycles. The quantitative estimate of drug-likeness (QED) is 0.433. The van der Waals surface area contributed by atoms with E-state index >= 15 is 0 Å². The predicted molar refractivity (Wildman–Crippen MR) is 32.1 cm³/mol. The lowest BCUT2D eigenvalue weighted by Gasteiger charge is -1.95. The summed E-state index contributed by atoms with van der Waals surface area (Å²) in [4.78, 5) is 3.93. The zero-order valence-electron chi connectivity index (χ0n) is 3.18. The first kappa shape index (κ1) is 4.40. The average molecular weight is 118 g/mol. The maximum absolute atomic E-state index is 4.72. The van der Waals surface area contributed by atoms with E-state index in [9.17, 15) is 0 Å². The first-order valence-corrected chi connectivity index (χ1v) is 3.13. The first-order chi connectivity index (χ1) is 2.89. The highest BCUT2D eigenvalue weighted by Crippen LogP contribution is 2.08. The molecule has 0 bridgehead atoms. The molecule has 0 unspecified atom stereocenters. The Morgan fingerprint density at radius 2 is 2.67 bits per heavy atom. The molecule has 0 atom stereocenters. The smallest absolute Gasteiger partial charge is 0.0471 e. The summed E-state index contributed by atoms with van der Waals surface area (Å²) < 4.78 is 0.829. The Morgan fingerprint density at radius 3 is 2.83 bits per heavy atom. The predicted octanol–water partition coefficient (Wildman–Crippen LogP) is 0.636. The van der Waals surface area contributed by atoms with Gasteiger partial charge >= 0.3 is 0 Å². The molecule has 0 spiro atoms. The number of aliphatic imine (C=N–C) groups is 1. The molecule has 1 rings (SSSR count). The van der Waals surface area contributed by atoms with E-state index in [0.29, 0.717) is 0 Å². The van der Waals surface area contributed by atoms with Gasteiger partial charge in [-0.2, -0.15) is 0 Å². The van der Waals surface area contributed by atoms with Crippen LogP contribution in [-0.2, 0) is 12.6 Å². The van der Waals surface area contributed by atoms with Gasteiger partial charge in [0.15, 0.2) is 0 Å². The third-order valence-corrected chi connectivity index (χ3v) is 1.80. The van der Waals surface area contributed by atoms with Crippen molar-refractivity contribution in [2.75, 3.05) is 12.3 Å². The van der Waals surface area contributed by atoms with Crippen molar-refractivity contribution in [3.05, 3.63) is 0 Å². The summed E-state index contributed by atoms with van der Waals surface area (Å²) in [6, 6.07) is 0. The topological polar surface area (TPSA) is 12.4 Å². The van der Waals surface area contributed by atoms with Gasteiger partial charge in [-0.25, -0.2) is 0 Å². The second kappa shape index (κ2) is 1.80. The summed E-state index contributed by atoms with van der Waals surface area (Å²) >= 11 is 6.38. The maximum Gasteiger partial charge on any atom is 0.0471 e. The van der Waals surface area contributed by atoms with Crippen LogP contribution >= 0.6 is 11.8 Å². The number of thioether (sulfide) groups is 1. The molecular weight excluding hydrogens is 114 g/mol. The monoisotopic (exact) mass is 118 g/mol. The van der Waals surface area contributed by atoms with E-state index in [0.717, 1.165) is 16.7 Å². The fourth-order valence-corrected chi connectivity index (χ4v) is 1.20. The Bertz CT molecular complexity index is 78.9. The Kier molecular flexibility index (Phi) is 1.32. The molecule has 0 aromatic heterocycles. The second-order valence-corrected chi connectivity index (χ2v) is 2.72. The third kappa shape index (κ3) is 0.849. The first-order valence-electron chi connectivity index (χ1n) is 1.74. The van der Waals surface area contributed by atoms with Crippen LogP contribution in [0.15, 0.2) is 4.99 Å². The van der Waals surface area contributed by atoms with Gasteiger partial charge in [0.25, 0.3) is 0 Å². The number of rotatable bonds is 0. The van der Waals surface area contributed by atoms with Crippen LogP contribution in [0.4, 0.5) is 0 Å². The van der Waals surface area contributed by atoms with Crippen LogP contribution < -0.4 is 0 Å². The van der Waals surface area contributed by atoms with Crippen LogP contribution in [0.5, 0.6) is 0 Å². The Hall–Kier alpha value is 0.240. The summed E-state index contributed by atoms with van der Waals surface area (Å²) in [5.41, 5.74) is 0. The molecule has 0 radical (unpaired) electrons. The lowest BCUT2D eigenvalue weighted by atomic mass is 10.8. The van der Waals surface area contributed by atoms with Crippen molar-refractivity contribution in [3.63, 3.8) is 0 Å². The van der Waals surface area contributed by atoms with Gasteiger partial charge in [-0.15, -0.1) is 11.8 Å². The SMILES string of the molecule is [S-]C1=NCCS1. The molecule has 1 nitrogen and oxygen atoms in total. The zero-order valence-corrected chi connectivity index (χ0v) is 4.81. The Morgan fingerprint density at radius 1 is 1.83 bits per heavy atom. The molecule has 1 heterocycles. The minimum absolute atomic E-state index is 0.829. The lowest BCUT2D eigenvalue weighted by molar-refractivity contribution is 1.18. The second-order valence-electron chi connectivity index (χ2n) is 0.996. The van der Waals surface area contributed by atoms with Crippen molar-refractivity contribution >= 4 is 28.8 Å². The summed E-state index contributed by atoms with van der Waals surface area (Å²) in [5, 5.41) is 0. The number of nitrogens with zero attached hydrogens (tertiary/aromatic N) is 1. The molecule has 0 saturated heterocycles. The average Bonchev–Trinajstić information content (AvgIpc) is 1.86. The van der Waals surface area contributed by atoms with Gasteiger partial charge in [0, 0.05) is 12.3 Å². The van der Waals surface area contributed by atoms with E-state index in [2.05, 4.69) is 4.99 Å². The minimum atomic E-state index is 0.829. The van der Waals surface area contributed by atoms with Gasteiger partial charge < -0.3 is 17.6 Å². The van der Waals surface area contributed by atoms with Crippen LogP contribution in [0, 0.1) is 0 Å². The maximum atomic E-state index is 4.72. The fourth-order valence-electron chi connectivity index (χ4n) is 0.316. The minimum Gasteiger partial charge on any atom is -0.754 e. The van der Waals surface area contributed by atoms with Crippen LogP contribution in [0.1, 0.15) is 0 Å². The molecule has 0 amide bonds. The highest BCUT2D eigenvalue weighted by Gasteiger charge is 1.90. The third-order valence-electron chi connectivity index (χ3n) is 0.558. The van der Waals surface area contributed by atoms with Gasteiger partial charge in [0.1, 0.15) is 0 Å². The van der Waals surface area contributed by atoms with E-state index in [4.69, 9.17) is 12.6 Å². The number of hydrogen-bond donors (Lipinski definition) is 0. The van der Waals surface area contributed by atoms with Crippen molar-refractivity contribution in [2.24, 2.45) is 4.99 Å². The summed E-state index contributed by atoms with van der Waals surface area (Å²) in [7, 11) is 0. The van der Waals surface area contributed by atoms with Crippen LogP contribution in [0.2, 0.25) is 0 Å². The molecule has 0 aromatic rings. The van der Waals surface area contributed by atoms with Gasteiger partial charge in [0.05, 0.1) is 0 Å². The van der Waals surface area contributed by atoms with E-state index < -0.39 is 0 Å². The van der Waals surface area contributed by atoms with E-state index in [1.165, 1.54) is 0 Å². The van der Waals surface area contributed by atoms with Crippen molar-refractivity contribution in [2.45, 2.75) is 0 Å². The standard InChI is InChI=1S/C3H5NS2/c5-3-4-1-2-6-3/h1-2H2,(H,4,5)/p-1. The molecule has 1 aliphatic rings. The molecule has 0 aromatic carbocycles. The Balaban J connectivity index is 2.45. The van der Waals surface area contributed by atoms with Gasteiger partial charge in [-0.3, -0.25) is 0 Å². The molecule has 6 heavy (non-hydrogen) atoms. The van der Waals surface area contributed by atoms with E-state index in [-0.39, 0.29) is 0 Å². The lowest BCUT2D eigenvalue weighted by Crippen LogP contribution is -1.72. The normalized spacial score (nSPS) is 21.0. The Labute approximate surface area is 46.6 Å². The molecule has 0 saturated carbocycles. The summed E-state index contributed by atoms with van der Waals surface area (Å²) in [6.07, 6.45) is 0. The van der Waals surface area contributed by atoms with Gasteiger partial charge in [-0.05, 0) is 0 Å². The highest BCUT2D eigenvalue weighted by atomic mass is 32.2. The van der Waals surface area contributed by atoms with Crippen molar-refractivity contribution in [1.82, 2.24) is 0 Å². The largest absolute Gasteiger partial charge is 0.754 e. The van der Waals surface area contributed by atoms with Crippen LogP contribution in [-0.4, -0.2) is 16.7 Å². The summed E-state index contributed by atoms with van der Waals surface area (Å²) in [6.45, 7) is 0.934. The molecule has 0 aliphatic carbocycles. The molecule has 3 heteroatoms. The van der Waals surface area contributed by atoms with Gasteiger partial charge in [-0.1, -0.05) is 4.38 Å². The molecular formula is C3H4NS2-. The molecule has 0 fully saturated rings. The van der Waals surface area contributed by atoms with Crippen molar-refractivity contribution in [3.8, 4) is 0 Å². The summed E-state index contributed by atoms with van der Waals surface area (Å²) in [5.74, 6) is 1.10. The van der Waals surface area contributed by atoms with E-state index in [1.54, 1.807) is 11.8 Å². The zero-order chi connectivity index (χ0) is 4.41. The van der Waals surface area contributed by atoms with Crippen LogP contribution in [0.3, 0.4) is 0 Å². The van der Waals surface area contributed by atoms with Crippen LogP contribution in [0.25, 0.3) is 0 Å². The van der Waals surface area contributed by atoms with Gasteiger partial charge in [0.2, 0.25) is 0 Å². The number of hydrogen-bond acceptors (Lipinski definition) is 3. The fraction of sp³-hybridized carbons (Fsp3) is 0.667. The van der Waals surface area contributed by atoms with Crippen molar-refractivity contribution in [1.29, 1.82) is 0 Å². The molecule has 0 N–H and O–H groups in total.